The van der Waals surface area contributed by atoms with Crippen molar-refractivity contribution in [3.63, 3.8) is 0 Å². The van der Waals surface area contributed by atoms with Crippen LogP contribution in [0.25, 0.3) is 0 Å². The Balaban J connectivity index is 1.66. The summed E-state index contributed by atoms with van der Waals surface area (Å²) in [7, 11) is 0. The molecule has 0 radical (unpaired) electrons. The minimum Gasteiger partial charge on any atom is -0.478 e. The molecule has 1 heterocycles. The predicted molar refractivity (Wildman–Crippen MR) is 92.1 cm³/mol. The van der Waals surface area contributed by atoms with Gasteiger partial charge in [-0.25, -0.2) is 14.0 Å². The minimum absolute atomic E-state index is 0.172. The summed E-state index contributed by atoms with van der Waals surface area (Å²) in [5.74, 6) is -1.40. The number of rotatable bonds is 4. The molecule has 0 spiro atoms. The fraction of sp³-hybridized carbons (Fsp3) is 0.263. The number of aromatic carboxylic acids is 1. The molecule has 2 amide bonds. The molecule has 6 nitrogen and oxygen atoms in total. The molecule has 2 aromatic rings. The zero-order valence-corrected chi connectivity index (χ0v) is 13.9. The van der Waals surface area contributed by atoms with Crippen molar-refractivity contribution in [2.24, 2.45) is 0 Å². The number of carboxylic acids is 1. The van der Waals surface area contributed by atoms with E-state index >= 15 is 0 Å². The highest BCUT2D eigenvalue weighted by Crippen LogP contribution is 2.32. The van der Waals surface area contributed by atoms with Gasteiger partial charge in [-0.3, -0.25) is 0 Å². The molecular formula is C19H19FN2O4. The second-order valence-electron chi connectivity index (χ2n) is 6.27. The number of carbonyl (C=O) groups is 2. The SMILES string of the molecule is O=C(O)c1ccc(CNC(=O)N2CC(O)CC2c2cccc(F)c2)cc1. The maximum Gasteiger partial charge on any atom is 0.335 e. The minimum atomic E-state index is -1.01. The number of β-amino-alcohol motifs (C(OH)–C–C–N with tert-alkyl or cyclic N) is 1. The molecule has 2 aromatic carbocycles. The lowest BCUT2D eigenvalue weighted by molar-refractivity contribution is 0.0697. The first-order valence-electron chi connectivity index (χ1n) is 8.24. The standard InChI is InChI=1S/C19H19FN2O4/c20-15-3-1-2-14(8-15)17-9-16(23)11-22(17)19(26)21-10-12-4-6-13(7-5-12)18(24)25/h1-8,16-17,23H,9-11H2,(H,21,26)(H,24,25). The van der Waals surface area contributed by atoms with Crippen LogP contribution in [0, 0.1) is 5.82 Å². The largest absolute Gasteiger partial charge is 0.478 e. The Morgan fingerprint density at radius 2 is 1.92 bits per heavy atom. The van der Waals surface area contributed by atoms with Gasteiger partial charge in [0.15, 0.2) is 0 Å². The Morgan fingerprint density at radius 1 is 1.19 bits per heavy atom. The second kappa shape index (κ2) is 7.53. The van der Waals surface area contributed by atoms with Crippen LogP contribution in [0.4, 0.5) is 9.18 Å². The topological polar surface area (TPSA) is 89.9 Å². The van der Waals surface area contributed by atoms with Gasteiger partial charge in [0.25, 0.3) is 0 Å². The van der Waals surface area contributed by atoms with Crippen LogP contribution < -0.4 is 5.32 Å². The summed E-state index contributed by atoms with van der Waals surface area (Å²) in [6, 6.07) is 11.5. The fourth-order valence-corrected chi connectivity index (χ4v) is 3.11. The number of benzene rings is 2. The Hall–Kier alpha value is -2.93. The second-order valence-corrected chi connectivity index (χ2v) is 6.27. The van der Waals surface area contributed by atoms with Gasteiger partial charge < -0.3 is 20.4 Å². The summed E-state index contributed by atoms with van der Waals surface area (Å²) in [5, 5.41) is 21.6. The van der Waals surface area contributed by atoms with Gasteiger partial charge in [-0.1, -0.05) is 24.3 Å². The molecule has 3 N–H and O–H groups in total. The number of hydrogen-bond donors (Lipinski definition) is 3. The summed E-state index contributed by atoms with van der Waals surface area (Å²) in [5.41, 5.74) is 1.57. The van der Waals surface area contributed by atoms with E-state index in [0.717, 1.165) is 5.56 Å². The summed E-state index contributed by atoms with van der Waals surface area (Å²) < 4.78 is 13.5. The van der Waals surface area contributed by atoms with Crippen LogP contribution in [0.2, 0.25) is 0 Å². The number of likely N-dealkylation sites (tertiary alicyclic amines) is 1. The van der Waals surface area contributed by atoms with Crippen molar-refractivity contribution in [1.82, 2.24) is 10.2 Å². The van der Waals surface area contributed by atoms with Crippen LogP contribution in [0.3, 0.4) is 0 Å². The van der Waals surface area contributed by atoms with Gasteiger partial charge in [0.2, 0.25) is 0 Å². The third-order valence-electron chi connectivity index (χ3n) is 4.42. The van der Waals surface area contributed by atoms with Gasteiger partial charge in [-0.05, 0) is 41.8 Å². The van der Waals surface area contributed by atoms with Crippen LogP contribution in [0.1, 0.15) is 33.9 Å². The number of carboxylic acid groups (broad SMARTS) is 1. The molecule has 1 fully saturated rings. The van der Waals surface area contributed by atoms with Gasteiger partial charge in [0.05, 0.1) is 17.7 Å². The smallest absolute Gasteiger partial charge is 0.335 e. The van der Waals surface area contributed by atoms with E-state index in [1.54, 1.807) is 24.3 Å². The first kappa shape index (κ1) is 17.9. The molecule has 7 heteroatoms. The number of aliphatic hydroxyl groups excluding tert-OH is 1. The molecule has 1 saturated heterocycles. The van der Waals surface area contributed by atoms with Crippen LogP contribution in [0.5, 0.6) is 0 Å². The van der Waals surface area contributed by atoms with Gasteiger partial charge >= 0.3 is 12.0 Å². The van der Waals surface area contributed by atoms with E-state index in [-0.39, 0.29) is 30.5 Å². The molecule has 0 saturated carbocycles. The van der Waals surface area contributed by atoms with Gasteiger partial charge in [0.1, 0.15) is 5.82 Å². The van der Waals surface area contributed by atoms with E-state index in [9.17, 15) is 19.1 Å². The van der Waals surface area contributed by atoms with Gasteiger partial charge in [-0.2, -0.15) is 0 Å². The number of nitrogens with one attached hydrogen (secondary N) is 1. The Kier molecular flexibility index (Phi) is 5.18. The lowest BCUT2D eigenvalue weighted by atomic mass is 10.0. The van der Waals surface area contributed by atoms with Crippen molar-refractivity contribution in [2.75, 3.05) is 6.54 Å². The lowest BCUT2D eigenvalue weighted by Gasteiger charge is -2.25. The van der Waals surface area contributed by atoms with E-state index in [2.05, 4.69) is 5.32 Å². The summed E-state index contributed by atoms with van der Waals surface area (Å²) >= 11 is 0. The summed E-state index contributed by atoms with van der Waals surface area (Å²) in [6.45, 7) is 0.395. The van der Waals surface area contributed by atoms with Crippen molar-refractivity contribution in [3.8, 4) is 0 Å². The molecular weight excluding hydrogens is 339 g/mol. The first-order valence-corrected chi connectivity index (χ1v) is 8.24. The monoisotopic (exact) mass is 358 g/mol. The molecule has 1 aliphatic rings. The zero-order valence-electron chi connectivity index (χ0n) is 13.9. The van der Waals surface area contributed by atoms with E-state index in [4.69, 9.17) is 5.11 Å². The Morgan fingerprint density at radius 3 is 2.58 bits per heavy atom. The fourth-order valence-electron chi connectivity index (χ4n) is 3.11. The maximum absolute atomic E-state index is 13.5. The lowest BCUT2D eigenvalue weighted by Crippen LogP contribution is -2.39. The van der Waals surface area contributed by atoms with Gasteiger partial charge in [-0.15, -0.1) is 0 Å². The molecule has 26 heavy (non-hydrogen) atoms. The molecule has 1 aliphatic heterocycles. The van der Waals surface area contributed by atoms with Crippen LogP contribution in [-0.2, 0) is 6.54 Å². The van der Waals surface area contributed by atoms with Crippen LogP contribution in [0.15, 0.2) is 48.5 Å². The number of urea groups is 1. The molecule has 3 rings (SSSR count). The average Bonchev–Trinajstić information content (AvgIpc) is 3.02. The highest BCUT2D eigenvalue weighted by atomic mass is 19.1. The number of amides is 2. The molecule has 2 unspecified atom stereocenters. The van der Waals surface area contributed by atoms with Gasteiger partial charge in [0, 0.05) is 13.1 Å². The highest BCUT2D eigenvalue weighted by Gasteiger charge is 2.35. The van der Waals surface area contributed by atoms with Crippen LogP contribution >= 0.6 is 0 Å². The van der Waals surface area contributed by atoms with Crippen molar-refractivity contribution < 1.29 is 24.2 Å². The average molecular weight is 358 g/mol. The molecule has 0 aliphatic carbocycles. The number of hydrogen-bond acceptors (Lipinski definition) is 3. The van der Waals surface area contributed by atoms with Crippen LogP contribution in [-0.4, -0.2) is 39.8 Å². The first-order chi connectivity index (χ1) is 12.4. The summed E-state index contributed by atoms with van der Waals surface area (Å²) in [4.78, 5) is 24.9. The molecule has 136 valence electrons. The number of nitrogens with zero attached hydrogens (tertiary/aromatic N) is 1. The zero-order chi connectivity index (χ0) is 18.7. The van der Waals surface area contributed by atoms with Crippen molar-refractivity contribution in [1.29, 1.82) is 0 Å². The molecule has 2 atom stereocenters. The summed E-state index contributed by atoms with van der Waals surface area (Å²) in [6.07, 6.45) is -0.312. The third-order valence-corrected chi connectivity index (χ3v) is 4.42. The Labute approximate surface area is 149 Å². The van der Waals surface area contributed by atoms with Crippen molar-refractivity contribution in [2.45, 2.75) is 25.1 Å². The predicted octanol–water partition coefficient (Wildman–Crippen LogP) is 2.54. The molecule has 0 bridgehead atoms. The van der Waals surface area contributed by atoms with E-state index in [1.807, 2.05) is 0 Å². The molecule has 0 aromatic heterocycles. The van der Waals surface area contributed by atoms with Crippen molar-refractivity contribution >= 4 is 12.0 Å². The number of halogens is 1. The van der Waals surface area contributed by atoms with Crippen molar-refractivity contribution in [3.05, 3.63) is 71.0 Å². The highest BCUT2D eigenvalue weighted by molar-refractivity contribution is 5.87. The van der Waals surface area contributed by atoms with E-state index in [1.165, 1.54) is 29.2 Å². The van der Waals surface area contributed by atoms with E-state index in [0.29, 0.717) is 12.0 Å². The normalized spacial score (nSPS) is 19.4. The number of aliphatic hydroxyl groups is 1. The Bertz CT molecular complexity index is 809. The number of carbonyl (C=O) groups excluding carboxylic acids is 1. The maximum atomic E-state index is 13.5. The quantitative estimate of drug-likeness (QED) is 0.783. The third kappa shape index (κ3) is 4.00. The van der Waals surface area contributed by atoms with E-state index < -0.39 is 18.1 Å².